The Morgan fingerprint density at radius 1 is 1.37 bits per heavy atom. The van der Waals surface area contributed by atoms with Gasteiger partial charge in [-0.3, -0.25) is 4.79 Å². The second-order valence-corrected chi connectivity index (χ2v) is 5.42. The van der Waals surface area contributed by atoms with E-state index in [-0.39, 0.29) is 17.9 Å². The first-order valence-corrected chi connectivity index (χ1v) is 6.56. The lowest BCUT2D eigenvalue weighted by molar-refractivity contribution is -0.132. The third-order valence-corrected chi connectivity index (χ3v) is 3.21. The van der Waals surface area contributed by atoms with Gasteiger partial charge in [-0.2, -0.15) is 0 Å². The van der Waals surface area contributed by atoms with Gasteiger partial charge in [0.25, 0.3) is 0 Å². The van der Waals surface area contributed by atoms with Gasteiger partial charge < -0.3 is 15.3 Å². The summed E-state index contributed by atoms with van der Waals surface area (Å²) in [6.45, 7) is 6.37. The number of carbonyl (C=O) groups is 1. The molecule has 0 unspecified atom stereocenters. The molecule has 0 saturated carbocycles. The van der Waals surface area contributed by atoms with Crippen LogP contribution in [0.15, 0.2) is 18.2 Å². The largest absolute Gasteiger partial charge is 0.507 e. The van der Waals surface area contributed by atoms with E-state index in [1.807, 2.05) is 39.0 Å². The third kappa shape index (κ3) is 3.96. The van der Waals surface area contributed by atoms with E-state index in [1.165, 1.54) is 0 Å². The first-order valence-electron chi connectivity index (χ1n) is 6.56. The van der Waals surface area contributed by atoms with Gasteiger partial charge in [-0.05, 0) is 18.4 Å². The van der Waals surface area contributed by atoms with Gasteiger partial charge in [-0.15, -0.1) is 0 Å². The molecule has 1 aromatic carbocycles. The highest BCUT2D eigenvalue weighted by atomic mass is 16.3. The van der Waals surface area contributed by atoms with E-state index in [9.17, 15) is 9.90 Å². The van der Waals surface area contributed by atoms with E-state index in [1.54, 1.807) is 19.0 Å². The number of nitrogens with one attached hydrogen (secondary N) is 1. The molecule has 0 saturated heterocycles. The molecule has 0 aliphatic rings. The van der Waals surface area contributed by atoms with Crippen molar-refractivity contribution in [2.45, 2.75) is 33.4 Å². The van der Waals surface area contributed by atoms with Crippen molar-refractivity contribution in [1.29, 1.82) is 0 Å². The number of para-hydroxylation sites is 1. The Morgan fingerprint density at radius 3 is 2.53 bits per heavy atom. The van der Waals surface area contributed by atoms with Crippen molar-refractivity contribution >= 4 is 5.91 Å². The van der Waals surface area contributed by atoms with E-state index >= 15 is 0 Å². The molecule has 4 heteroatoms. The van der Waals surface area contributed by atoms with Gasteiger partial charge >= 0.3 is 0 Å². The van der Waals surface area contributed by atoms with Crippen molar-refractivity contribution in [2.24, 2.45) is 5.92 Å². The van der Waals surface area contributed by atoms with Gasteiger partial charge in [-0.25, -0.2) is 0 Å². The molecule has 4 nitrogen and oxygen atoms in total. The van der Waals surface area contributed by atoms with Gasteiger partial charge in [0.05, 0.1) is 6.04 Å². The van der Waals surface area contributed by atoms with Crippen LogP contribution < -0.4 is 5.32 Å². The number of hydrogen-bond donors (Lipinski definition) is 2. The van der Waals surface area contributed by atoms with Crippen molar-refractivity contribution in [1.82, 2.24) is 10.2 Å². The number of aryl methyl sites for hydroxylation is 1. The van der Waals surface area contributed by atoms with Crippen LogP contribution in [0.2, 0.25) is 0 Å². The Hall–Kier alpha value is -1.55. The molecule has 1 amide bonds. The number of phenolic OH excluding ortho intramolecular Hbond substituents is 1. The summed E-state index contributed by atoms with van der Waals surface area (Å²) in [5.41, 5.74) is 1.66. The maximum atomic E-state index is 12.1. The summed E-state index contributed by atoms with van der Waals surface area (Å²) in [4.78, 5) is 13.6. The molecule has 0 aliphatic heterocycles. The lowest BCUT2D eigenvalue weighted by Crippen LogP contribution is -2.46. The van der Waals surface area contributed by atoms with Gasteiger partial charge in [0.15, 0.2) is 0 Å². The van der Waals surface area contributed by atoms with Crippen LogP contribution in [0, 0.1) is 12.8 Å². The third-order valence-electron chi connectivity index (χ3n) is 3.21. The maximum absolute atomic E-state index is 12.1. The second kappa shape index (κ2) is 6.57. The average molecular weight is 264 g/mol. The Balaban J connectivity index is 2.77. The van der Waals surface area contributed by atoms with E-state index in [0.29, 0.717) is 12.3 Å². The lowest BCUT2D eigenvalue weighted by atomic mass is 10.0. The lowest BCUT2D eigenvalue weighted by Gasteiger charge is -2.25. The predicted molar refractivity (Wildman–Crippen MR) is 77.0 cm³/mol. The van der Waals surface area contributed by atoms with E-state index in [0.717, 1.165) is 11.1 Å². The van der Waals surface area contributed by atoms with E-state index in [2.05, 4.69) is 5.32 Å². The van der Waals surface area contributed by atoms with Crippen LogP contribution in [0.3, 0.4) is 0 Å². The molecule has 0 radical (unpaired) electrons. The minimum atomic E-state index is -0.241. The number of aromatic hydroxyl groups is 1. The molecule has 106 valence electrons. The van der Waals surface area contributed by atoms with Crippen molar-refractivity contribution in [3.63, 3.8) is 0 Å². The standard InChI is InChI=1S/C15H24N2O2/c1-10(2)13(15(19)17(4)5)16-9-12-8-6-7-11(3)14(12)18/h6-8,10,13,16,18H,9H2,1-5H3/t13-/m0/s1. The highest BCUT2D eigenvalue weighted by molar-refractivity contribution is 5.81. The number of amides is 1. The minimum Gasteiger partial charge on any atom is -0.507 e. The first-order chi connectivity index (χ1) is 8.84. The summed E-state index contributed by atoms with van der Waals surface area (Å²) in [5.74, 6) is 0.554. The molecule has 19 heavy (non-hydrogen) atoms. The molecular weight excluding hydrogens is 240 g/mol. The SMILES string of the molecule is Cc1cccc(CN[C@H](C(=O)N(C)C)C(C)C)c1O. The molecule has 1 aromatic rings. The van der Waals surface area contributed by atoms with Gasteiger partial charge in [-0.1, -0.05) is 32.0 Å². The topological polar surface area (TPSA) is 52.6 Å². The van der Waals surface area contributed by atoms with Crippen molar-refractivity contribution in [3.8, 4) is 5.75 Å². The molecule has 0 fully saturated rings. The van der Waals surface area contributed by atoms with Crippen molar-refractivity contribution < 1.29 is 9.90 Å². The summed E-state index contributed by atoms with van der Waals surface area (Å²) < 4.78 is 0. The highest BCUT2D eigenvalue weighted by Gasteiger charge is 2.23. The van der Waals surface area contributed by atoms with Crippen LogP contribution in [-0.2, 0) is 11.3 Å². The quantitative estimate of drug-likeness (QED) is 0.854. The number of phenols is 1. The number of nitrogens with zero attached hydrogens (tertiary/aromatic N) is 1. The zero-order valence-corrected chi connectivity index (χ0v) is 12.4. The van der Waals surface area contributed by atoms with Gasteiger partial charge in [0.2, 0.25) is 5.91 Å². The smallest absolute Gasteiger partial charge is 0.239 e. The molecule has 0 heterocycles. The number of carbonyl (C=O) groups excluding carboxylic acids is 1. The Morgan fingerprint density at radius 2 is 2.00 bits per heavy atom. The van der Waals surface area contributed by atoms with Crippen LogP contribution >= 0.6 is 0 Å². The van der Waals surface area contributed by atoms with Crippen LogP contribution in [0.1, 0.15) is 25.0 Å². The summed E-state index contributed by atoms with van der Waals surface area (Å²) in [5, 5.41) is 13.2. The van der Waals surface area contributed by atoms with E-state index < -0.39 is 0 Å². The molecule has 0 bridgehead atoms. The Kier molecular flexibility index (Phi) is 5.36. The van der Waals surface area contributed by atoms with Crippen molar-refractivity contribution in [2.75, 3.05) is 14.1 Å². The van der Waals surface area contributed by atoms with E-state index in [4.69, 9.17) is 0 Å². The van der Waals surface area contributed by atoms with Crippen LogP contribution in [0.25, 0.3) is 0 Å². The predicted octanol–water partition coefficient (Wildman–Crippen LogP) is 1.90. The fraction of sp³-hybridized carbons (Fsp3) is 0.533. The van der Waals surface area contributed by atoms with Crippen LogP contribution in [-0.4, -0.2) is 36.1 Å². The molecule has 0 aliphatic carbocycles. The van der Waals surface area contributed by atoms with Crippen LogP contribution in [0.5, 0.6) is 5.75 Å². The minimum absolute atomic E-state index is 0.0575. The number of benzene rings is 1. The summed E-state index contributed by atoms with van der Waals surface area (Å²) in [6, 6.07) is 5.40. The van der Waals surface area contributed by atoms with Crippen LogP contribution in [0.4, 0.5) is 0 Å². The van der Waals surface area contributed by atoms with Crippen molar-refractivity contribution in [3.05, 3.63) is 29.3 Å². The first kappa shape index (κ1) is 15.5. The molecule has 2 N–H and O–H groups in total. The summed E-state index contributed by atoms with van der Waals surface area (Å²) in [7, 11) is 3.51. The normalized spacial score (nSPS) is 12.5. The molecule has 0 aromatic heterocycles. The molecule has 1 atom stereocenters. The number of hydrogen-bond acceptors (Lipinski definition) is 3. The number of likely N-dealkylation sites (N-methyl/N-ethyl adjacent to an activating group) is 1. The molecular formula is C15H24N2O2. The molecule has 0 spiro atoms. The Labute approximate surface area is 115 Å². The summed E-state index contributed by atoms with van der Waals surface area (Å²) in [6.07, 6.45) is 0. The fourth-order valence-corrected chi connectivity index (χ4v) is 1.97. The fourth-order valence-electron chi connectivity index (χ4n) is 1.97. The summed E-state index contributed by atoms with van der Waals surface area (Å²) >= 11 is 0. The molecule has 1 rings (SSSR count). The van der Waals surface area contributed by atoms with Gasteiger partial charge in [0.1, 0.15) is 5.75 Å². The maximum Gasteiger partial charge on any atom is 0.239 e. The second-order valence-electron chi connectivity index (χ2n) is 5.42. The monoisotopic (exact) mass is 264 g/mol. The zero-order chi connectivity index (χ0) is 14.6. The zero-order valence-electron chi connectivity index (χ0n) is 12.4. The Bertz CT molecular complexity index is 442. The highest BCUT2D eigenvalue weighted by Crippen LogP contribution is 2.21. The number of rotatable bonds is 5. The van der Waals surface area contributed by atoms with Gasteiger partial charge in [0, 0.05) is 26.2 Å². The average Bonchev–Trinajstić information content (AvgIpc) is 2.33.